The standard InChI is InChI=1S/C14H24N4O/c1-5-18(6-2)14(19)11-17(4)10-12-7-8-13(15-3)16-9-12/h7-9H,5-6,10-11H2,1-4H3,(H,15,16). The summed E-state index contributed by atoms with van der Waals surface area (Å²) < 4.78 is 0. The van der Waals surface area contributed by atoms with Gasteiger partial charge in [0, 0.05) is 32.9 Å². The molecule has 0 fully saturated rings. The Bertz CT molecular complexity index is 387. The highest BCUT2D eigenvalue weighted by Gasteiger charge is 2.12. The minimum atomic E-state index is 0.173. The predicted molar refractivity (Wildman–Crippen MR) is 78.0 cm³/mol. The van der Waals surface area contributed by atoms with Crippen LogP contribution < -0.4 is 5.32 Å². The van der Waals surface area contributed by atoms with Crippen molar-refractivity contribution < 1.29 is 4.79 Å². The molecule has 0 atom stereocenters. The lowest BCUT2D eigenvalue weighted by Crippen LogP contribution is -2.38. The fourth-order valence-electron chi connectivity index (χ4n) is 1.94. The summed E-state index contributed by atoms with van der Waals surface area (Å²) in [6.45, 7) is 6.70. The van der Waals surface area contributed by atoms with E-state index >= 15 is 0 Å². The SMILES string of the molecule is CCN(CC)C(=O)CN(C)Cc1ccc(NC)nc1. The van der Waals surface area contributed by atoms with E-state index in [1.54, 1.807) is 0 Å². The van der Waals surface area contributed by atoms with Crippen molar-refractivity contribution in [3.63, 3.8) is 0 Å². The molecule has 1 N–H and O–H groups in total. The molecule has 106 valence electrons. The summed E-state index contributed by atoms with van der Waals surface area (Å²) in [7, 11) is 3.80. The number of rotatable bonds is 7. The van der Waals surface area contributed by atoms with Crippen molar-refractivity contribution in [1.82, 2.24) is 14.8 Å². The maximum atomic E-state index is 12.0. The molecule has 0 unspecified atom stereocenters. The van der Waals surface area contributed by atoms with E-state index in [4.69, 9.17) is 0 Å². The molecule has 1 aromatic heterocycles. The molecular formula is C14H24N4O. The van der Waals surface area contributed by atoms with Crippen LogP contribution in [-0.2, 0) is 11.3 Å². The van der Waals surface area contributed by atoms with E-state index in [1.165, 1.54) is 0 Å². The normalized spacial score (nSPS) is 10.6. The molecular weight excluding hydrogens is 240 g/mol. The summed E-state index contributed by atoms with van der Waals surface area (Å²) in [6.07, 6.45) is 1.84. The van der Waals surface area contributed by atoms with Crippen LogP contribution in [0.1, 0.15) is 19.4 Å². The van der Waals surface area contributed by atoms with E-state index in [0.29, 0.717) is 6.54 Å². The van der Waals surface area contributed by atoms with Crippen LogP contribution >= 0.6 is 0 Å². The highest BCUT2D eigenvalue weighted by Crippen LogP contribution is 2.06. The predicted octanol–water partition coefficient (Wildman–Crippen LogP) is 1.42. The van der Waals surface area contributed by atoms with Crippen molar-refractivity contribution >= 4 is 11.7 Å². The smallest absolute Gasteiger partial charge is 0.236 e. The van der Waals surface area contributed by atoms with Gasteiger partial charge in [-0.25, -0.2) is 4.98 Å². The zero-order chi connectivity index (χ0) is 14.3. The molecule has 5 nitrogen and oxygen atoms in total. The fraction of sp³-hybridized carbons (Fsp3) is 0.571. The summed E-state index contributed by atoms with van der Waals surface area (Å²) in [5.74, 6) is 1.03. The Morgan fingerprint density at radius 3 is 2.47 bits per heavy atom. The van der Waals surface area contributed by atoms with Gasteiger partial charge in [0.1, 0.15) is 5.82 Å². The Morgan fingerprint density at radius 1 is 1.32 bits per heavy atom. The van der Waals surface area contributed by atoms with Gasteiger partial charge in [-0.2, -0.15) is 0 Å². The topological polar surface area (TPSA) is 48.5 Å². The lowest BCUT2D eigenvalue weighted by atomic mass is 10.2. The summed E-state index contributed by atoms with van der Waals surface area (Å²) in [5.41, 5.74) is 1.11. The first-order valence-corrected chi connectivity index (χ1v) is 6.69. The molecule has 0 saturated heterocycles. The maximum Gasteiger partial charge on any atom is 0.236 e. The number of carbonyl (C=O) groups is 1. The molecule has 1 rings (SSSR count). The van der Waals surface area contributed by atoms with Crippen molar-refractivity contribution in [1.29, 1.82) is 0 Å². The van der Waals surface area contributed by atoms with Crippen LogP contribution in [0.4, 0.5) is 5.82 Å². The van der Waals surface area contributed by atoms with Crippen LogP contribution in [0.5, 0.6) is 0 Å². The maximum absolute atomic E-state index is 12.0. The Morgan fingerprint density at radius 2 is 2.00 bits per heavy atom. The summed E-state index contributed by atoms with van der Waals surface area (Å²) >= 11 is 0. The third-order valence-electron chi connectivity index (χ3n) is 3.05. The largest absolute Gasteiger partial charge is 0.373 e. The first-order valence-electron chi connectivity index (χ1n) is 6.69. The van der Waals surface area contributed by atoms with Gasteiger partial charge in [-0.05, 0) is 32.5 Å². The molecule has 0 aliphatic carbocycles. The summed E-state index contributed by atoms with van der Waals surface area (Å²) in [4.78, 5) is 20.1. The summed E-state index contributed by atoms with van der Waals surface area (Å²) in [6, 6.07) is 3.96. The van der Waals surface area contributed by atoms with Crippen molar-refractivity contribution in [3.8, 4) is 0 Å². The highest BCUT2D eigenvalue weighted by molar-refractivity contribution is 5.78. The molecule has 0 saturated carbocycles. The van der Waals surface area contributed by atoms with Crippen molar-refractivity contribution in [2.75, 3.05) is 39.0 Å². The fourth-order valence-corrected chi connectivity index (χ4v) is 1.94. The monoisotopic (exact) mass is 264 g/mol. The molecule has 1 amide bonds. The molecule has 0 radical (unpaired) electrons. The Balaban J connectivity index is 2.49. The first-order chi connectivity index (χ1) is 9.10. The van der Waals surface area contributed by atoms with Gasteiger partial charge in [0.05, 0.1) is 6.54 Å². The van der Waals surface area contributed by atoms with Gasteiger partial charge in [-0.15, -0.1) is 0 Å². The van der Waals surface area contributed by atoms with Gasteiger partial charge in [0.15, 0.2) is 0 Å². The van der Waals surface area contributed by atoms with Gasteiger partial charge in [-0.3, -0.25) is 9.69 Å². The highest BCUT2D eigenvalue weighted by atomic mass is 16.2. The lowest BCUT2D eigenvalue weighted by Gasteiger charge is -2.23. The average molecular weight is 264 g/mol. The number of pyridine rings is 1. The Kier molecular flexibility index (Phi) is 6.29. The van der Waals surface area contributed by atoms with Crippen LogP contribution in [-0.4, -0.2) is 54.4 Å². The molecule has 5 heteroatoms. The second-order valence-corrected chi connectivity index (χ2v) is 4.54. The third kappa shape index (κ3) is 4.87. The number of nitrogens with one attached hydrogen (secondary N) is 1. The second-order valence-electron chi connectivity index (χ2n) is 4.54. The van der Waals surface area contributed by atoms with Crippen LogP contribution in [0, 0.1) is 0 Å². The zero-order valence-electron chi connectivity index (χ0n) is 12.3. The summed E-state index contributed by atoms with van der Waals surface area (Å²) in [5, 5.41) is 2.98. The van der Waals surface area contributed by atoms with E-state index in [0.717, 1.165) is 31.0 Å². The molecule has 0 aliphatic rings. The first kappa shape index (κ1) is 15.4. The van der Waals surface area contributed by atoms with Gasteiger partial charge in [-0.1, -0.05) is 6.07 Å². The van der Waals surface area contributed by atoms with Crippen LogP contribution in [0.3, 0.4) is 0 Å². The number of hydrogen-bond donors (Lipinski definition) is 1. The minimum Gasteiger partial charge on any atom is -0.373 e. The van der Waals surface area contributed by atoms with E-state index in [2.05, 4.69) is 10.3 Å². The Labute approximate surface area is 115 Å². The van der Waals surface area contributed by atoms with Gasteiger partial charge >= 0.3 is 0 Å². The van der Waals surface area contributed by atoms with E-state index in [-0.39, 0.29) is 5.91 Å². The average Bonchev–Trinajstić information content (AvgIpc) is 2.40. The van der Waals surface area contributed by atoms with Crippen molar-refractivity contribution in [3.05, 3.63) is 23.9 Å². The Hall–Kier alpha value is -1.62. The minimum absolute atomic E-state index is 0.173. The van der Waals surface area contributed by atoms with E-state index in [9.17, 15) is 4.79 Å². The number of likely N-dealkylation sites (N-methyl/N-ethyl adjacent to an activating group) is 2. The van der Waals surface area contributed by atoms with Crippen molar-refractivity contribution in [2.24, 2.45) is 0 Å². The third-order valence-corrected chi connectivity index (χ3v) is 3.05. The number of hydrogen-bond acceptors (Lipinski definition) is 4. The van der Waals surface area contributed by atoms with Crippen LogP contribution in [0.25, 0.3) is 0 Å². The molecule has 0 spiro atoms. The second kappa shape index (κ2) is 7.74. The lowest BCUT2D eigenvalue weighted by molar-refractivity contribution is -0.131. The molecule has 1 heterocycles. The van der Waals surface area contributed by atoms with E-state index < -0.39 is 0 Å². The number of carbonyl (C=O) groups excluding carboxylic acids is 1. The molecule has 1 aromatic rings. The number of nitrogens with zero attached hydrogens (tertiary/aromatic N) is 3. The van der Waals surface area contributed by atoms with Crippen LogP contribution in [0.2, 0.25) is 0 Å². The van der Waals surface area contributed by atoms with Gasteiger partial charge < -0.3 is 10.2 Å². The van der Waals surface area contributed by atoms with E-state index in [1.807, 2.05) is 56.1 Å². The quantitative estimate of drug-likeness (QED) is 0.809. The molecule has 0 aliphatic heterocycles. The number of aromatic nitrogens is 1. The van der Waals surface area contributed by atoms with Crippen molar-refractivity contribution in [2.45, 2.75) is 20.4 Å². The molecule has 0 bridgehead atoms. The molecule has 19 heavy (non-hydrogen) atoms. The number of amides is 1. The zero-order valence-corrected chi connectivity index (χ0v) is 12.3. The van der Waals surface area contributed by atoms with Crippen LogP contribution in [0.15, 0.2) is 18.3 Å². The van der Waals surface area contributed by atoms with Gasteiger partial charge in [0.25, 0.3) is 0 Å². The molecule has 0 aromatic carbocycles. The van der Waals surface area contributed by atoms with Gasteiger partial charge in [0.2, 0.25) is 5.91 Å². The number of anilines is 1.